The maximum atomic E-state index is 14.0. The van der Waals surface area contributed by atoms with Crippen molar-refractivity contribution in [3.05, 3.63) is 82.9 Å². The van der Waals surface area contributed by atoms with Crippen molar-refractivity contribution in [1.29, 1.82) is 0 Å². The number of alkyl carbamates (subject to hydrolysis) is 1. The van der Waals surface area contributed by atoms with Gasteiger partial charge in [0.15, 0.2) is 0 Å². The lowest BCUT2D eigenvalue weighted by molar-refractivity contribution is 0.0526. The molecule has 2 aromatic carbocycles. The molecule has 0 radical (unpaired) electrons. The van der Waals surface area contributed by atoms with Crippen LogP contribution in [0.3, 0.4) is 0 Å². The number of ether oxygens (including phenoxy) is 1. The summed E-state index contributed by atoms with van der Waals surface area (Å²) in [4.78, 5) is 20.7. The van der Waals surface area contributed by atoms with Crippen LogP contribution in [-0.2, 0) is 4.74 Å². The van der Waals surface area contributed by atoms with Gasteiger partial charge < -0.3 is 10.1 Å². The van der Waals surface area contributed by atoms with Crippen molar-refractivity contribution in [2.75, 3.05) is 6.54 Å². The number of rotatable bonds is 5. The van der Waals surface area contributed by atoms with E-state index in [2.05, 4.69) is 15.3 Å². The highest BCUT2D eigenvalue weighted by atomic mass is 35.5. The monoisotopic (exact) mass is 445 g/mol. The fourth-order valence-corrected chi connectivity index (χ4v) is 3.24. The van der Waals surface area contributed by atoms with Crippen molar-refractivity contribution in [3.63, 3.8) is 0 Å². The first-order valence-electron chi connectivity index (χ1n) is 9.61. The predicted molar refractivity (Wildman–Crippen MR) is 115 cm³/mol. The van der Waals surface area contributed by atoms with E-state index in [0.29, 0.717) is 21.8 Å². The highest BCUT2D eigenvalue weighted by molar-refractivity contribution is 6.30. The van der Waals surface area contributed by atoms with Crippen molar-refractivity contribution >= 4 is 17.7 Å². The molecule has 1 heterocycles. The van der Waals surface area contributed by atoms with Gasteiger partial charge in [-0.3, -0.25) is 0 Å². The number of nitrogens with one attached hydrogen (secondary N) is 1. The minimum absolute atomic E-state index is 0.00934. The molecule has 5 nitrogen and oxygen atoms in total. The largest absolute Gasteiger partial charge is 0.444 e. The fourth-order valence-electron chi connectivity index (χ4n) is 3.12. The highest BCUT2D eigenvalue weighted by Gasteiger charge is 2.24. The number of nitrogens with zero attached hydrogens (tertiary/aromatic N) is 2. The topological polar surface area (TPSA) is 64.1 Å². The second-order valence-corrected chi connectivity index (χ2v) is 8.40. The number of aromatic nitrogens is 2. The van der Waals surface area contributed by atoms with E-state index >= 15 is 0 Å². The zero-order valence-corrected chi connectivity index (χ0v) is 18.1. The first kappa shape index (κ1) is 22.6. The van der Waals surface area contributed by atoms with E-state index in [9.17, 15) is 13.6 Å². The molecule has 1 N–H and O–H groups in total. The third-order valence-electron chi connectivity index (χ3n) is 4.37. The maximum absolute atomic E-state index is 14.0. The molecule has 3 rings (SSSR count). The van der Waals surface area contributed by atoms with Gasteiger partial charge in [-0.25, -0.2) is 23.5 Å². The summed E-state index contributed by atoms with van der Waals surface area (Å²) < 4.78 is 33.3. The molecular formula is C23H22ClF2N3O2. The Morgan fingerprint density at radius 2 is 1.77 bits per heavy atom. The standard InChI is InChI=1S/C23H22ClF2N3O2/c1-23(2,3)31-22(30)28-12-20(15-8-17(25)10-18(26)9-15)21-19(11-27-13-29-21)14-4-6-16(24)7-5-14/h4-11,13,20H,12H2,1-3H3,(H,28,30). The molecule has 8 heteroatoms. The first-order valence-corrected chi connectivity index (χ1v) is 9.99. The number of hydrogen-bond donors (Lipinski definition) is 1. The Bertz CT molecular complexity index is 1050. The van der Waals surface area contributed by atoms with E-state index in [4.69, 9.17) is 16.3 Å². The van der Waals surface area contributed by atoms with E-state index < -0.39 is 29.2 Å². The van der Waals surface area contributed by atoms with Crippen LogP contribution in [0.1, 0.15) is 37.9 Å². The highest BCUT2D eigenvalue weighted by Crippen LogP contribution is 2.32. The van der Waals surface area contributed by atoms with Crippen molar-refractivity contribution in [3.8, 4) is 11.1 Å². The predicted octanol–water partition coefficient (Wildman–Crippen LogP) is 5.73. The maximum Gasteiger partial charge on any atom is 0.407 e. The Labute approximate surface area is 184 Å². The van der Waals surface area contributed by atoms with E-state index in [1.807, 2.05) is 0 Å². The molecule has 1 unspecified atom stereocenters. The summed E-state index contributed by atoms with van der Waals surface area (Å²) in [6.07, 6.45) is 2.32. The summed E-state index contributed by atoms with van der Waals surface area (Å²) in [5.41, 5.74) is 1.56. The van der Waals surface area contributed by atoms with Crippen molar-refractivity contribution in [2.45, 2.75) is 32.3 Å². The molecule has 0 spiro atoms. The fraction of sp³-hybridized carbons (Fsp3) is 0.261. The number of hydrogen-bond acceptors (Lipinski definition) is 4. The van der Waals surface area contributed by atoms with Crippen LogP contribution in [-0.4, -0.2) is 28.2 Å². The second kappa shape index (κ2) is 9.39. The summed E-state index contributed by atoms with van der Waals surface area (Å²) in [6.45, 7) is 5.24. The normalized spacial score (nSPS) is 12.3. The van der Waals surface area contributed by atoms with Crippen LogP contribution in [0.4, 0.5) is 13.6 Å². The molecule has 1 aromatic heterocycles. The summed E-state index contributed by atoms with van der Waals surface area (Å²) in [6, 6.07) is 10.3. The average Bonchev–Trinajstić information content (AvgIpc) is 2.67. The van der Waals surface area contributed by atoms with Crippen LogP contribution in [0.5, 0.6) is 0 Å². The number of benzene rings is 2. The Hall–Kier alpha value is -3.06. The van der Waals surface area contributed by atoms with Gasteiger partial charge >= 0.3 is 6.09 Å². The Morgan fingerprint density at radius 3 is 2.39 bits per heavy atom. The van der Waals surface area contributed by atoms with Gasteiger partial charge in [0.2, 0.25) is 0 Å². The van der Waals surface area contributed by atoms with Gasteiger partial charge in [-0.2, -0.15) is 0 Å². The Morgan fingerprint density at radius 1 is 1.13 bits per heavy atom. The molecule has 3 aromatic rings. The lowest BCUT2D eigenvalue weighted by atomic mass is 9.90. The molecule has 0 bridgehead atoms. The van der Waals surface area contributed by atoms with Gasteiger partial charge in [-0.05, 0) is 56.2 Å². The van der Waals surface area contributed by atoms with E-state index in [-0.39, 0.29) is 6.54 Å². The van der Waals surface area contributed by atoms with E-state index in [1.165, 1.54) is 18.5 Å². The molecule has 0 aliphatic rings. The van der Waals surface area contributed by atoms with Gasteiger partial charge in [0.1, 0.15) is 23.6 Å². The molecule has 0 aliphatic heterocycles. The summed E-state index contributed by atoms with van der Waals surface area (Å²) in [7, 11) is 0. The van der Waals surface area contributed by atoms with E-state index in [0.717, 1.165) is 11.6 Å². The lowest BCUT2D eigenvalue weighted by Crippen LogP contribution is -2.35. The molecule has 0 fully saturated rings. The molecule has 162 valence electrons. The number of halogens is 3. The molecule has 0 saturated carbocycles. The molecule has 0 aliphatic carbocycles. The summed E-state index contributed by atoms with van der Waals surface area (Å²) in [5.74, 6) is -2.11. The van der Waals surface area contributed by atoms with Crippen LogP contribution < -0.4 is 5.32 Å². The molecule has 1 amide bonds. The van der Waals surface area contributed by atoms with Crippen LogP contribution in [0.2, 0.25) is 5.02 Å². The molecule has 0 saturated heterocycles. The van der Waals surface area contributed by atoms with Crippen LogP contribution in [0.15, 0.2) is 55.0 Å². The van der Waals surface area contributed by atoms with Crippen LogP contribution in [0, 0.1) is 11.6 Å². The van der Waals surface area contributed by atoms with Gasteiger partial charge in [-0.15, -0.1) is 0 Å². The minimum atomic E-state index is -0.723. The number of carbonyl (C=O) groups is 1. The summed E-state index contributed by atoms with van der Waals surface area (Å²) >= 11 is 5.99. The quantitative estimate of drug-likeness (QED) is 0.544. The van der Waals surface area contributed by atoms with Crippen molar-refractivity contribution in [2.24, 2.45) is 0 Å². The molecule has 1 atom stereocenters. The van der Waals surface area contributed by atoms with Gasteiger partial charge in [0.25, 0.3) is 0 Å². The number of amides is 1. The van der Waals surface area contributed by atoms with Crippen molar-refractivity contribution < 1.29 is 18.3 Å². The SMILES string of the molecule is CC(C)(C)OC(=O)NCC(c1cc(F)cc(F)c1)c1ncncc1-c1ccc(Cl)cc1. The zero-order chi connectivity index (χ0) is 22.6. The van der Waals surface area contributed by atoms with Gasteiger partial charge in [-0.1, -0.05) is 23.7 Å². The summed E-state index contributed by atoms with van der Waals surface area (Å²) in [5, 5.41) is 3.24. The third kappa shape index (κ3) is 6.21. The lowest BCUT2D eigenvalue weighted by Gasteiger charge is -2.23. The van der Waals surface area contributed by atoms with Crippen LogP contribution in [0.25, 0.3) is 11.1 Å². The first-order chi connectivity index (χ1) is 14.6. The second-order valence-electron chi connectivity index (χ2n) is 7.97. The van der Waals surface area contributed by atoms with Gasteiger partial charge in [0.05, 0.1) is 5.69 Å². The third-order valence-corrected chi connectivity index (χ3v) is 4.62. The van der Waals surface area contributed by atoms with Crippen LogP contribution >= 0.6 is 11.6 Å². The number of carbonyl (C=O) groups excluding carboxylic acids is 1. The van der Waals surface area contributed by atoms with Crippen molar-refractivity contribution in [1.82, 2.24) is 15.3 Å². The minimum Gasteiger partial charge on any atom is -0.444 e. The van der Waals surface area contributed by atoms with Gasteiger partial charge in [0, 0.05) is 35.3 Å². The smallest absolute Gasteiger partial charge is 0.407 e. The Balaban J connectivity index is 2.02. The molecule has 31 heavy (non-hydrogen) atoms. The average molecular weight is 446 g/mol. The molecular weight excluding hydrogens is 424 g/mol. The zero-order valence-electron chi connectivity index (χ0n) is 17.3. The Kier molecular flexibility index (Phi) is 6.85. The van der Waals surface area contributed by atoms with E-state index in [1.54, 1.807) is 51.2 Å².